The summed E-state index contributed by atoms with van der Waals surface area (Å²) in [6.45, 7) is 9.89. The van der Waals surface area contributed by atoms with Crippen molar-refractivity contribution >= 4 is 11.8 Å². The molecule has 1 aliphatic carbocycles. The van der Waals surface area contributed by atoms with E-state index in [4.69, 9.17) is 4.74 Å². The SMILES string of the molecule is C[C@@H]1C[C@H]1C(=O)N1CCN([C@H](C)C(=O)N2CCOCC2)CC1. The number of amides is 2. The zero-order valence-electron chi connectivity index (χ0n) is 13.7. The minimum atomic E-state index is -0.102. The Morgan fingerprint density at radius 2 is 1.59 bits per heavy atom. The van der Waals surface area contributed by atoms with Gasteiger partial charge in [0.05, 0.1) is 19.3 Å². The van der Waals surface area contributed by atoms with Crippen molar-refractivity contribution in [3.63, 3.8) is 0 Å². The summed E-state index contributed by atoms with van der Waals surface area (Å²) in [5.74, 6) is 1.34. The number of morpholine rings is 1. The van der Waals surface area contributed by atoms with Crippen molar-refractivity contribution in [2.45, 2.75) is 26.3 Å². The van der Waals surface area contributed by atoms with Gasteiger partial charge in [-0.2, -0.15) is 0 Å². The van der Waals surface area contributed by atoms with Crippen LogP contribution in [0.15, 0.2) is 0 Å². The fourth-order valence-electron chi connectivity index (χ4n) is 3.43. The molecule has 2 aliphatic heterocycles. The monoisotopic (exact) mass is 309 g/mol. The molecule has 0 unspecified atom stereocenters. The zero-order chi connectivity index (χ0) is 15.7. The Kier molecular flexibility index (Phi) is 4.68. The van der Waals surface area contributed by atoms with E-state index in [1.54, 1.807) is 0 Å². The van der Waals surface area contributed by atoms with Crippen LogP contribution in [0.2, 0.25) is 0 Å². The summed E-state index contributed by atoms with van der Waals surface area (Å²) in [4.78, 5) is 30.9. The molecule has 0 radical (unpaired) electrons. The van der Waals surface area contributed by atoms with Crippen LogP contribution in [0.3, 0.4) is 0 Å². The number of nitrogens with zero attached hydrogens (tertiary/aromatic N) is 3. The largest absolute Gasteiger partial charge is 0.378 e. The van der Waals surface area contributed by atoms with Gasteiger partial charge in [-0.3, -0.25) is 14.5 Å². The fraction of sp³-hybridized carbons (Fsp3) is 0.875. The van der Waals surface area contributed by atoms with Crippen molar-refractivity contribution in [3.05, 3.63) is 0 Å². The maximum Gasteiger partial charge on any atom is 0.239 e. The Morgan fingerprint density at radius 1 is 1.00 bits per heavy atom. The van der Waals surface area contributed by atoms with E-state index in [9.17, 15) is 9.59 Å². The van der Waals surface area contributed by atoms with Gasteiger partial charge in [0.15, 0.2) is 0 Å². The van der Waals surface area contributed by atoms with E-state index in [-0.39, 0.29) is 17.9 Å². The van der Waals surface area contributed by atoms with E-state index in [2.05, 4.69) is 11.8 Å². The quantitative estimate of drug-likeness (QED) is 0.738. The van der Waals surface area contributed by atoms with E-state index in [1.165, 1.54) is 0 Å². The van der Waals surface area contributed by atoms with Crippen LogP contribution in [-0.2, 0) is 14.3 Å². The predicted molar refractivity (Wildman–Crippen MR) is 82.3 cm³/mol. The molecular weight excluding hydrogens is 282 g/mol. The molecular formula is C16H27N3O3. The first-order chi connectivity index (χ1) is 10.6. The van der Waals surface area contributed by atoms with E-state index in [0.717, 1.165) is 32.6 Å². The Bertz CT molecular complexity index is 428. The molecule has 3 rings (SSSR count). The second kappa shape index (κ2) is 6.54. The summed E-state index contributed by atoms with van der Waals surface area (Å²) in [5.41, 5.74) is 0. The van der Waals surface area contributed by atoms with Gasteiger partial charge in [-0.1, -0.05) is 6.92 Å². The van der Waals surface area contributed by atoms with Crippen LogP contribution in [0.4, 0.5) is 0 Å². The molecule has 124 valence electrons. The number of ether oxygens (including phenoxy) is 1. The lowest BCUT2D eigenvalue weighted by Crippen LogP contribution is -2.56. The van der Waals surface area contributed by atoms with E-state index in [0.29, 0.717) is 38.1 Å². The summed E-state index contributed by atoms with van der Waals surface area (Å²) < 4.78 is 5.30. The Hall–Kier alpha value is -1.14. The highest BCUT2D eigenvalue weighted by Crippen LogP contribution is 2.39. The molecule has 0 aromatic rings. The topological polar surface area (TPSA) is 53.1 Å². The first-order valence-corrected chi connectivity index (χ1v) is 8.47. The normalized spacial score (nSPS) is 31.0. The summed E-state index contributed by atoms with van der Waals surface area (Å²) in [6, 6.07) is -0.102. The smallest absolute Gasteiger partial charge is 0.239 e. The van der Waals surface area contributed by atoms with Crippen molar-refractivity contribution in [3.8, 4) is 0 Å². The lowest BCUT2D eigenvalue weighted by Gasteiger charge is -2.39. The standard InChI is InChI=1S/C16H27N3O3/c1-12-11-14(12)16(21)18-5-3-17(4-6-18)13(2)15(20)19-7-9-22-10-8-19/h12-14H,3-11H2,1-2H3/t12-,13-,14-/m1/s1. The second-order valence-electron chi connectivity index (χ2n) is 6.79. The summed E-state index contributed by atoms with van der Waals surface area (Å²) in [6.07, 6.45) is 1.05. The Morgan fingerprint density at radius 3 is 2.14 bits per heavy atom. The molecule has 6 heteroatoms. The first-order valence-electron chi connectivity index (χ1n) is 8.47. The van der Waals surface area contributed by atoms with Crippen molar-refractivity contribution in [2.24, 2.45) is 11.8 Å². The van der Waals surface area contributed by atoms with Gasteiger partial charge in [0.2, 0.25) is 11.8 Å². The molecule has 2 saturated heterocycles. The van der Waals surface area contributed by atoms with Crippen LogP contribution < -0.4 is 0 Å². The number of carbonyl (C=O) groups excluding carboxylic acids is 2. The Balaban J connectivity index is 1.47. The summed E-state index contributed by atoms with van der Waals surface area (Å²) in [7, 11) is 0. The lowest BCUT2D eigenvalue weighted by atomic mass is 10.2. The summed E-state index contributed by atoms with van der Waals surface area (Å²) in [5, 5.41) is 0. The molecule has 0 spiro atoms. The number of hydrogen-bond acceptors (Lipinski definition) is 4. The molecule has 2 amide bonds. The third-order valence-corrected chi connectivity index (χ3v) is 5.28. The molecule has 0 aromatic carbocycles. The van der Waals surface area contributed by atoms with E-state index in [1.807, 2.05) is 16.7 Å². The summed E-state index contributed by atoms with van der Waals surface area (Å²) >= 11 is 0. The Labute approximate surface area is 132 Å². The van der Waals surface area contributed by atoms with Crippen molar-refractivity contribution in [1.82, 2.24) is 14.7 Å². The van der Waals surface area contributed by atoms with Gasteiger partial charge in [0.25, 0.3) is 0 Å². The first kappa shape index (κ1) is 15.7. The number of rotatable bonds is 3. The molecule has 1 saturated carbocycles. The van der Waals surface area contributed by atoms with Crippen molar-refractivity contribution < 1.29 is 14.3 Å². The maximum absolute atomic E-state index is 12.5. The fourth-order valence-corrected chi connectivity index (χ4v) is 3.43. The van der Waals surface area contributed by atoms with Crippen LogP contribution >= 0.6 is 0 Å². The number of carbonyl (C=O) groups is 2. The highest BCUT2D eigenvalue weighted by molar-refractivity contribution is 5.82. The molecule has 3 atom stereocenters. The molecule has 0 N–H and O–H groups in total. The molecule has 22 heavy (non-hydrogen) atoms. The third kappa shape index (κ3) is 3.27. The van der Waals surface area contributed by atoms with E-state index < -0.39 is 0 Å². The second-order valence-corrected chi connectivity index (χ2v) is 6.79. The van der Waals surface area contributed by atoms with Crippen LogP contribution in [0.5, 0.6) is 0 Å². The average molecular weight is 309 g/mol. The van der Waals surface area contributed by atoms with Gasteiger partial charge in [-0.05, 0) is 19.3 Å². The van der Waals surface area contributed by atoms with Crippen LogP contribution in [-0.4, -0.2) is 85.0 Å². The van der Waals surface area contributed by atoms with Crippen LogP contribution in [0.1, 0.15) is 20.3 Å². The van der Waals surface area contributed by atoms with Gasteiger partial charge in [-0.15, -0.1) is 0 Å². The molecule has 3 aliphatic rings. The van der Waals surface area contributed by atoms with Gasteiger partial charge in [0, 0.05) is 45.2 Å². The van der Waals surface area contributed by atoms with Crippen molar-refractivity contribution in [2.75, 3.05) is 52.5 Å². The zero-order valence-corrected chi connectivity index (χ0v) is 13.7. The lowest BCUT2D eigenvalue weighted by molar-refractivity contribution is -0.142. The molecule has 0 bridgehead atoms. The van der Waals surface area contributed by atoms with Crippen LogP contribution in [0, 0.1) is 11.8 Å². The van der Waals surface area contributed by atoms with Gasteiger partial charge < -0.3 is 14.5 Å². The highest BCUT2D eigenvalue weighted by atomic mass is 16.5. The van der Waals surface area contributed by atoms with Gasteiger partial charge >= 0.3 is 0 Å². The van der Waals surface area contributed by atoms with Gasteiger partial charge in [-0.25, -0.2) is 0 Å². The predicted octanol–water partition coefficient (Wildman–Crippen LogP) is 0.0339. The molecule has 2 heterocycles. The van der Waals surface area contributed by atoms with Crippen molar-refractivity contribution in [1.29, 1.82) is 0 Å². The van der Waals surface area contributed by atoms with E-state index >= 15 is 0 Å². The minimum absolute atomic E-state index is 0.102. The molecule has 3 fully saturated rings. The maximum atomic E-state index is 12.5. The number of piperazine rings is 1. The average Bonchev–Trinajstić information content (AvgIpc) is 3.30. The van der Waals surface area contributed by atoms with Gasteiger partial charge in [0.1, 0.15) is 0 Å². The van der Waals surface area contributed by atoms with Crippen LogP contribution in [0.25, 0.3) is 0 Å². The third-order valence-electron chi connectivity index (χ3n) is 5.28. The molecule has 0 aromatic heterocycles. The number of hydrogen-bond donors (Lipinski definition) is 0. The highest BCUT2D eigenvalue weighted by Gasteiger charge is 2.42. The minimum Gasteiger partial charge on any atom is -0.378 e. The molecule has 6 nitrogen and oxygen atoms in total.